The number of carbonyl (C=O) groups is 1. The molecule has 1 aliphatic rings. The van der Waals surface area contributed by atoms with Gasteiger partial charge in [-0.15, -0.1) is 11.3 Å². The zero-order valence-corrected chi connectivity index (χ0v) is 13.2. The lowest BCUT2D eigenvalue weighted by Gasteiger charge is -2.02. The first kappa shape index (κ1) is 14.1. The molecule has 0 bridgehead atoms. The van der Waals surface area contributed by atoms with Crippen LogP contribution in [0.25, 0.3) is 11.3 Å². The second kappa shape index (κ2) is 5.48. The number of nitrogens with zero attached hydrogens (tertiary/aromatic N) is 1. The lowest BCUT2D eigenvalue weighted by Crippen LogP contribution is -2.14. The summed E-state index contributed by atoms with van der Waals surface area (Å²) in [6.07, 6.45) is 0.988. The fourth-order valence-corrected chi connectivity index (χ4v) is 3.19. The van der Waals surface area contributed by atoms with Crippen molar-refractivity contribution in [1.82, 2.24) is 4.98 Å². The third-order valence-corrected chi connectivity index (χ3v) is 4.72. The molecule has 2 aromatic rings. The van der Waals surface area contributed by atoms with Gasteiger partial charge >= 0.3 is 0 Å². The molecule has 1 fully saturated rings. The highest BCUT2D eigenvalue weighted by Gasteiger charge is 2.39. The number of rotatable bonds is 4. The van der Waals surface area contributed by atoms with E-state index < -0.39 is 0 Å². The van der Waals surface area contributed by atoms with Crippen molar-refractivity contribution in [3.63, 3.8) is 0 Å². The van der Waals surface area contributed by atoms with E-state index in [0.29, 0.717) is 11.0 Å². The predicted molar refractivity (Wildman–Crippen MR) is 84.7 cm³/mol. The molecule has 1 saturated carbocycles. The first-order valence-electron chi connectivity index (χ1n) is 7.01. The number of ether oxygens (including phenoxy) is 1. The Balaban J connectivity index is 1.78. The highest BCUT2D eigenvalue weighted by Crippen LogP contribution is 2.39. The molecular formula is C16H18N2O2S. The summed E-state index contributed by atoms with van der Waals surface area (Å²) >= 11 is 1.52. The van der Waals surface area contributed by atoms with Gasteiger partial charge in [0, 0.05) is 16.4 Å². The summed E-state index contributed by atoms with van der Waals surface area (Å²) in [6, 6.07) is 7.79. The van der Waals surface area contributed by atoms with Crippen LogP contribution >= 0.6 is 11.3 Å². The number of nitrogens with one attached hydrogen (secondary N) is 1. The number of hydrogen-bond donors (Lipinski definition) is 1. The minimum absolute atomic E-state index is 0.0949. The van der Waals surface area contributed by atoms with Gasteiger partial charge in [-0.2, -0.15) is 0 Å². The topological polar surface area (TPSA) is 51.2 Å². The largest absolute Gasteiger partial charge is 0.497 e. The van der Waals surface area contributed by atoms with Crippen molar-refractivity contribution in [2.24, 2.45) is 11.8 Å². The second-order valence-corrected chi connectivity index (χ2v) is 6.66. The predicted octanol–water partition coefficient (Wildman–Crippen LogP) is 3.72. The maximum atomic E-state index is 12.0. The fraction of sp³-hybridized carbons (Fsp3) is 0.375. The quantitative estimate of drug-likeness (QED) is 0.936. The first-order valence-corrected chi connectivity index (χ1v) is 7.83. The van der Waals surface area contributed by atoms with E-state index in [9.17, 15) is 4.79 Å². The van der Waals surface area contributed by atoms with E-state index in [4.69, 9.17) is 4.74 Å². The fourth-order valence-electron chi connectivity index (χ4n) is 2.35. The number of methoxy groups -OCH3 is 1. The molecule has 110 valence electrons. The third kappa shape index (κ3) is 2.93. The van der Waals surface area contributed by atoms with Crippen LogP contribution in [0.3, 0.4) is 0 Å². The SMILES string of the molecule is COc1ccc(-c2nc(NC(=O)[C@@H]3C[C@H]3C)sc2C)cc1. The Labute approximate surface area is 128 Å². The molecule has 0 aliphatic heterocycles. The van der Waals surface area contributed by atoms with Gasteiger partial charge in [0.2, 0.25) is 5.91 Å². The molecule has 0 radical (unpaired) electrons. The second-order valence-electron chi connectivity index (χ2n) is 5.46. The van der Waals surface area contributed by atoms with Crippen molar-refractivity contribution in [2.75, 3.05) is 12.4 Å². The summed E-state index contributed by atoms with van der Waals surface area (Å²) in [4.78, 5) is 17.6. The highest BCUT2D eigenvalue weighted by atomic mass is 32.1. The molecule has 0 saturated heterocycles. The van der Waals surface area contributed by atoms with Crippen LogP contribution < -0.4 is 10.1 Å². The Morgan fingerprint density at radius 3 is 2.62 bits per heavy atom. The van der Waals surface area contributed by atoms with E-state index in [1.807, 2.05) is 31.2 Å². The van der Waals surface area contributed by atoms with Gasteiger partial charge in [-0.3, -0.25) is 4.79 Å². The van der Waals surface area contributed by atoms with E-state index in [1.54, 1.807) is 7.11 Å². The summed E-state index contributed by atoms with van der Waals surface area (Å²) in [7, 11) is 1.65. The van der Waals surface area contributed by atoms with Crippen LogP contribution in [0, 0.1) is 18.8 Å². The summed E-state index contributed by atoms with van der Waals surface area (Å²) in [5, 5.41) is 3.61. The Kier molecular flexibility index (Phi) is 3.68. The summed E-state index contributed by atoms with van der Waals surface area (Å²) in [5.41, 5.74) is 1.95. The molecule has 1 N–H and O–H groups in total. The Morgan fingerprint density at radius 2 is 2.05 bits per heavy atom. The standard InChI is InChI=1S/C16H18N2O2S/c1-9-8-13(9)15(19)18-16-17-14(10(2)21-16)11-4-6-12(20-3)7-5-11/h4-7,9,13H,8H2,1-3H3,(H,17,18,19)/t9-,13-/m1/s1. The van der Waals surface area contributed by atoms with E-state index in [1.165, 1.54) is 11.3 Å². The van der Waals surface area contributed by atoms with E-state index >= 15 is 0 Å². The average molecular weight is 302 g/mol. The van der Waals surface area contributed by atoms with Crippen LogP contribution in [0.4, 0.5) is 5.13 Å². The van der Waals surface area contributed by atoms with Crippen LogP contribution in [0.1, 0.15) is 18.2 Å². The van der Waals surface area contributed by atoms with Crippen LogP contribution in [-0.2, 0) is 4.79 Å². The normalized spacial score (nSPS) is 20.1. The van der Waals surface area contributed by atoms with E-state index in [2.05, 4.69) is 17.2 Å². The number of carbonyl (C=O) groups excluding carboxylic acids is 1. The van der Waals surface area contributed by atoms with Crippen molar-refractivity contribution < 1.29 is 9.53 Å². The lowest BCUT2D eigenvalue weighted by atomic mass is 10.1. The minimum atomic E-state index is 0.0949. The smallest absolute Gasteiger partial charge is 0.229 e. The van der Waals surface area contributed by atoms with Crippen molar-refractivity contribution in [3.05, 3.63) is 29.1 Å². The highest BCUT2D eigenvalue weighted by molar-refractivity contribution is 7.16. The first-order chi connectivity index (χ1) is 10.1. The number of aryl methyl sites for hydroxylation is 1. The lowest BCUT2D eigenvalue weighted by molar-refractivity contribution is -0.117. The molecule has 3 rings (SSSR count). The summed E-state index contributed by atoms with van der Waals surface area (Å²) < 4.78 is 5.16. The summed E-state index contributed by atoms with van der Waals surface area (Å²) in [6.45, 7) is 4.12. The van der Waals surface area contributed by atoms with Crippen molar-refractivity contribution in [3.8, 4) is 17.0 Å². The van der Waals surface area contributed by atoms with Gasteiger partial charge in [0.05, 0.1) is 12.8 Å². The minimum Gasteiger partial charge on any atom is -0.497 e. The molecule has 21 heavy (non-hydrogen) atoms. The maximum Gasteiger partial charge on any atom is 0.229 e. The molecule has 1 amide bonds. The molecule has 2 atom stereocenters. The number of anilines is 1. The van der Waals surface area contributed by atoms with Gasteiger partial charge in [-0.05, 0) is 43.5 Å². The molecule has 5 heteroatoms. The monoisotopic (exact) mass is 302 g/mol. The Hall–Kier alpha value is -1.88. The number of amides is 1. The zero-order valence-electron chi connectivity index (χ0n) is 12.3. The molecule has 0 spiro atoms. The van der Waals surface area contributed by atoms with Crippen LogP contribution in [-0.4, -0.2) is 18.0 Å². The molecule has 1 aromatic heterocycles. The van der Waals surface area contributed by atoms with Crippen LogP contribution in [0.5, 0.6) is 5.75 Å². The van der Waals surface area contributed by atoms with Gasteiger partial charge in [0.15, 0.2) is 5.13 Å². The van der Waals surface area contributed by atoms with Crippen molar-refractivity contribution in [2.45, 2.75) is 20.3 Å². The number of hydrogen-bond acceptors (Lipinski definition) is 4. The number of aromatic nitrogens is 1. The van der Waals surface area contributed by atoms with Gasteiger partial charge in [-0.25, -0.2) is 4.98 Å². The molecule has 1 aliphatic carbocycles. The van der Waals surface area contributed by atoms with E-state index in [0.717, 1.165) is 28.3 Å². The average Bonchev–Trinajstić information content (AvgIpc) is 3.11. The molecule has 1 heterocycles. The molecule has 0 unspecified atom stereocenters. The molecule has 4 nitrogen and oxygen atoms in total. The Bertz CT molecular complexity index is 663. The van der Waals surface area contributed by atoms with Gasteiger partial charge in [-0.1, -0.05) is 6.92 Å². The van der Waals surface area contributed by atoms with Crippen LogP contribution in [0.2, 0.25) is 0 Å². The maximum absolute atomic E-state index is 12.0. The zero-order chi connectivity index (χ0) is 15.0. The molecular weight excluding hydrogens is 284 g/mol. The number of benzene rings is 1. The van der Waals surface area contributed by atoms with Gasteiger partial charge < -0.3 is 10.1 Å². The third-order valence-electron chi connectivity index (χ3n) is 3.84. The molecule has 1 aromatic carbocycles. The van der Waals surface area contributed by atoms with Crippen LogP contribution in [0.15, 0.2) is 24.3 Å². The van der Waals surface area contributed by atoms with Crippen molar-refractivity contribution >= 4 is 22.4 Å². The number of thiazole rings is 1. The Morgan fingerprint density at radius 1 is 1.38 bits per heavy atom. The van der Waals surface area contributed by atoms with E-state index in [-0.39, 0.29) is 11.8 Å². The van der Waals surface area contributed by atoms with Gasteiger partial charge in [0.1, 0.15) is 5.75 Å². The van der Waals surface area contributed by atoms with Crippen molar-refractivity contribution in [1.29, 1.82) is 0 Å². The summed E-state index contributed by atoms with van der Waals surface area (Å²) in [5.74, 6) is 1.59. The van der Waals surface area contributed by atoms with Gasteiger partial charge in [0.25, 0.3) is 0 Å².